The van der Waals surface area contributed by atoms with Gasteiger partial charge >= 0.3 is 11.9 Å². The van der Waals surface area contributed by atoms with Crippen LogP contribution in [0.1, 0.15) is 32.6 Å². The molecule has 34 heavy (non-hydrogen) atoms. The summed E-state index contributed by atoms with van der Waals surface area (Å²) in [6, 6.07) is 16.4. The van der Waals surface area contributed by atoms with Crippen molar-refractivity contribution in [2.45, 2.75) is 13.8 Å². The van der Waals surface area contributed by atoms with E-state index in [0.717, 1.165) is 20.3 Å². The molecule has 0 aromatic heterocycles. The summed E-state index contributed by atoms with van der Waals surface area (Å²) in [5.74, 6) is -0.0613. The predicted molar refractivity (Wildman–Crippen MR) is 146 cm³/mol. The fourth-order valence-electron chi connectivity index (χ4n) is 3.34. The van der Waals surface area contributed by atoms with Crippen molar-refractivity contribution >= 4 is 69.1 Å². The lowest BCUT2D eigenvalue weighted by Crippen LogP contribution is -2.11. The fourth-order valence-corrected chi connectivity index (χ4v) is 4.41. The van der Waals surface area contributed by atoms with E-state index in [2.05, 4.69) is 50.2 Å². The molecule has 8 heteroatoms. The Morgan fingerprint density at radius 1 is 1.00 bits per heavy atom. The molecule has 3 aromatic carbocycles. The second kappa shape index (κ2) is 10.3. The Bertz CT molecular complexity index is 1380. The first kappa shape index (κ1) is 24.4. The molecule has 172 valence electrons. The standard InChI is InChI=1S/C26H19I2NO5/c1-14-6-4-5-7-18(14)25(30)33-23-20(28)11-16(13-22(23)32-3)12-21-26(31)34-24(29-21)17-8-9-19(27)15(2)10-17/h4-13H,1-3H3/b21-12-. The van der Waals surface area contributed by atoms with Crippen LogP contribution in [0.5, 0.6) is 11.5 Å². The molecule has 0 unspecified atom stereocenters. The molecule has 0 aliphatic carbocycles. The van der Waals surface area contributed by atoms with Crippen molar-refractivity contribution in [2.24, 2.45) is 4.99 Å². The van der Waals surface area contributed by atoms with Crippen molar-refractivity contribution in [3.8, 4) is 11.5 Å². The highest BCUT2D eigenvalue weighted by Crippen LogP contribution is 2.36. The number of hydrogen-bond donors (Lipinski definition) is 0. The number of ether oxygens (including phenoxy) is 3. The molecule has 0 bridgehead atoms. The van der Waals surface area contributed by atoms with Crippen LogP contribution in [0.15, 0.2) is 65.3 Å². The lowest BCUT2D eigenvalue weighted by atomic mass is 10.1. The Kier molecular flexibility index (Phi) is 7.36. The third-order valence-electron chi connectivity index (χ3n) is 5.14. The summed E-state index contributed by atoms with van der Waals surface area (Å²) < 4.78 is 18.3. The number of carbonyl (C=O) groups excluding carboxylic acids is 2. The van der Waals surface area contributed by atoms with Gasteiger partial charge in [0.2, 0.25) is 5.90 Å². The maximum atomic E-state index is 12.7. The highest BCUT2D eigenvalue weighted by Gasteiger charge is 2.25. The van der Waals surface area contributed by atoms with Crippen LogP contribution < -0.4 is 9.47 Å². The number of carbonyl (C=O) groups is 2. The number of cyclic esters (lactones) is 1. The average molecular weight is 679 g/mol. The number of methoxy groups -OCH3 is 1. The summed E-state index contributed by atoms with van der Waals surface area (Å²) in [7, 11) is 1.49. The monoisotopic (exact) mass is 679 g/mol. The Morgan fingerprint density at radius 2 is 1.76 bits per heavy atom. The molecule has 0 atom stereocenters. The van der Waals surface area contributed by atoms with Crippen molar-refractivity contribution < 1.29 is 23.8 Å². The maximum absolute atomic E-state index is 12.7. The van der Waals surface area contributed by atoms with Crippen molar-refractivity contribution in [3.63, 3.8) is 0 Å². The number of aryl methyl sites for hydroxylation is 2. The molecule has 6 nitrogen and oxygen atoms in total. The number of nitrogens with zero attached hydrogens (tertiary/aromatic N) is 1. The number of hydrogen-bond acceptors (Lipinski definition) is 6. The smallest absolute Gasteiger partial charge is 0.363 e. The van der Waals surface area contributed by atoms with E-state index in [4.69, 9.17) is 14.2 Å². The van der Waals surface area contributed by atoms with Crippen LogP contribution >= 0.6 is 45.2 Å². The van der Waals surface area contributed by atoms with E-state index in [0.29, 0.717) is 26.2 Å². The molecular weight excluding hydrogens is 660 g/mol. The van der Waals surface area contributed by atoms with Crippen LogP contribution in [0.25, 0.3) is 6.08 Å². The molecule has 1 aliphatic heterocycles. The van der Waals surface area contributed by atoms with Gasteiger partial charge in [-0.05, 0) is 118 Å². The molecular formula is C26H19I2NO5. The van der Waals surface area contributed by atoms with Gasteiger partial charge in [0.05, 0.1) is 16.2 Å². The molecule has 0 saturated carbocycles. The molecule has 0 saturated heterocycles. The van der Waals surface area contributed by atoms with E-state index in [-0.39, 0.29) is 11.6 Å². The Balaban J connectivity index is 1.64. The van der Waals surface area contributed by atoms with Gasteiger partial charge in [-0.25, -0.2) is 14.6 Å². The van der Waals surface area contributed by atoms with E-state index >= 15 is 0 Å². The normalized spacial score (nSPS) is 14.1. The number of halogens is 2. The van der Waals surface area contributed by atoms with Gasteiger partial charge < -0.3 is 14.2 Å². The summed E-state index contributed by atoms with van der Waals surface area (Å²) >= 11 is 4.32. The number of benzene rings is 3. The van der Waals surface area contributed by atoms with Crippen LogP contribution in [0.2, 0.25) is 0 Å². The minimum absolute atomic E-state index is 0.175. The van der Waals surface area contributed by atoms with Gasteiger partial charge in [-0.2, -0.15) is 0 Å². The van der Waals surface area contributed by atoms with Crippen LogP contribution in [0, 0.1) is 21.0 Å². The zero-order valence-electron chi connectivity index (χ0n) is 18.5. The van der Waals surface area contributed by atoms with Crippen molar-refractivity contribution in [2.75, 3.05) is 7.11 Å². The van der Waals surface area contributed by atoms with E-state index in [1.807, 2.05) is 44.2 Å². The van der Waals surface area contributed by atoms with Gasteiger partial charge in [-0.3, -0.25) is 0 Å². The van der Waals surface area contributed by atoms with E-state index in [9.17, 15) is 9.59 Å². The molecule has 0 fully saturated rings. The zero-order valence-corrected chi connectivity index (χ0v) is 22.8. The van der Waals surface area contributed by atoms with Gasteiger partial charge in [-0.15, -0.1) is 0 Å². The van der Waals surface area contributed by atoms with Crippen LogP contribution in [-0.2, 0) is 9.53 Å². The minimum Gasteiger partial charge on any atom is -0.493 e. The Labute approximate surface area is 224 Å². The largest absolute Gasteiger partial charge is 0.493 e. The van der Waals surface area contributed by atoms with Crippen LogP contribution in [-0.4, -0.2) is 24.9 Å². The lowest BCUT2D eigenvalue weighted by molar-refractivity contribution is -0.129. The molecule has 0 radical (unpaired) electrons. The van der Waals surface area contributed by atoms with Gasteiger partial charge in [0.25, 0.3) is 0 Å². The summed E-state index contributed by atoms with van der Waals surface area (Å²) in [6.45, 7) is 3.84. The topological polar surface area (TPSA) is 74.2 Å². The highest BCUT2D eigenvalue weighted by molar-refractivity contribution is 14.1. The second-order valence-corrected chi connectivity index (χ2v) is 9.86. The first-order chi connectivity index (χ1) is 16.3. The van der Waals surface area contributed by atoms with Crippen LogP contribution in [0.4, 0.5) is 0 Å². The molecule has 0 N–H and O–H groups in total. The summed E-state index contributed by atoms with van der Waals surface area (Å²) in [5, 5.41) is 0. The van der Waals surface area contributed by atoms with Gasteiger partial charge in [0, 0.05) is 9.13 Å². The van der Waals surface area contributed by atoms with E-state index in [1.54, 1.807) is 30.3 Å². The summed E-state index contributed by atoms with van der Waals surface area (Å²) in [4.78, 5) is 29.5. The molecule has 1 heterocycles. The predicted octanol–water partition coefficient (Wildman–Crippen LogP) is 6.08. The highest BCUT2D eigenvalue weighted by atomic mass is 127. The Morgan fingerprint density at radius 3 is 2.47 bits per heavy atom. The summed E-state index contributed by atoms with van der Waals surface area (Å²) in [5.41, 5.74) is 3.94. The van der Waals surface area contributed by atoms with E-state index < -0.39 is 11.9 Å². The molecule has 0 amide bonds. The maximum Gasteiger partial charge on any atom is 0.363 e. The quantitative estimate of drug-likeness (QED) is 0.142. The third-order valence-corrected chi connectivity index (χ3v) is 7.15. The first-order valence-electron chi connectivity index (χ1n) is 10.2. The molecule has 0 spiro atoms. The van der Waals surface area contributed by atoms with Gasteiger partial charge in [-0.1, -0.05) is 18.2 Å². The number of esters is 2. The van der Waals surface area contributed by atoms with E-state index in [1.165, 1.54) is 7.11 Å². The summed E-state index contributed by atoms with van der Waals surface area (Å²) in [6.07, 6.45) is 1.62. The fraction of sp³-hybridized carbons (Fsp3) is 0.115. The SMILES string of the molecule is COc1cc(/C=C2\N=C(c3ccc(I)c(C)c3)OC2=O)cc(I)c1OC(=O)c1ccccc1C. The van der Waals surface area contributed by atoms with Crippen LogP contribution in [0.3, 0.4) is 0 Å². The van der Waals surface area contributed by atoms with Gasteiger partial charge in [0.15, 0.2) is 17.2 Å². The molecule has 4 rings (SSSR count). The zero-order chi connectivity index (χ0) is 24.4. The Hall–Kier alpha value is -2.73. The van der Waals surface area contributed by atoms with Crippen molar-refractivity contribution in [1.82, 2.24) is 0 Å². The molecule has 3 aromatic rings. The third kappa shape index (κ3) is 5.17. The van der Waals surface area contributed by atoms with Crippen molar-refractivity contribution in [1.29, 1.82) is 0 Å². The van der Waals surface area contributed by atoms with Gasteiger partial charge in [0.1, 0.15) is 0 Å². The second-order valence-electron chi connectivity index (χ2n) is 7.54. The minimum atomic E-state index is -0.532. The first-order valence-corrected chi connectivity index (χ1v) is 12.4. The molecule has 1 aliphatic rings. The van der Waals surface area contributed by atoms with Crippen molar-refractivity contribution in [3.05, 3.63) is 95.3 Å². The lowest BCUT2D eigenvalue weighted by Gasteiger charge is -2.13. The number of aliphatic imine (C=N–C) groups is 1. The number of rotatable bonds is 5. The average Bonchev–Trinajstić information content (AvgIpc) is 3.17.